The van der Waals surface area contributed by atoms with E-state index in [4.69, 9.17) is 28.4 Å². The summed E-state index contributed by atoms with van der Waals surface area (Å²) < 4.78 is 31.4. The van der Waals surface area contributed by atoms with Crippen LogP contribution in [0.3, 0.4) is 0 Å². The average Bonchev–Trinajstić information content (AvgIpc) is 2.81. The van der Waals surface area contributed by atoms with E-state index < -0.39 is 41.8 Å². The van der Waals surface area contributed by atoms with Crippen LogP contribution in [0.1, 0.15) is 39.4 Å². The van der Waals surface area contributed by atoms with Gasteiger partial charge in [0.2, 0.25) is 5.91 Å². The van der Waals surface area contributed by atoms with E-state index >= 15 is 0 Å². The van der Waals surface area contributed by atoms with E-state index in [0.717, 1.165) is 0 Å². The maximum absolute atomic E-state index is 13.4. The van der Waals surface area contributed by atoms with Crippen LogP contribution in [-0.4, -0.2) is 88.9 Å². The minimum absolute atomic E-state index is 0.0495. The van der Waals surface area contributed by atoms with Crippen LogP contribution < -0.4 is 10.1 Å². The van der Waals surface area contributed by atoms with Gasteiger partial charge < -0.3 is 38.6 Å². The molecule has 35 heavy (non-hydrogen) atoms. The van der Waals surface area contributed by atoms with Gasteiger partial charge in [0.05, 0.1) is 20.3 Å². The number of carbonyl (C=O) groups is 3. The number of ether oxygens (including phenoxy) is 6. The summed E-state index contributed by atoms with van der Waals surface area (Å²) in [5.74, 6) is -0.618. The number of rotatable bonds is 13. The van der Waals surface area contributed by atoms with E-state index in [2.05, 4.69) is 5.32 Å². The minimum atomic E-state index is -1.20. The average molecular weight is 499 g/mol. The summed E-state index contributed by atoms with van der Waals surface area (Å²) >= 11 is 0. The summed E-state index contributed by atoms with van der Waals surface area (Å²) in [5, 5.41) is 2.59. The standard InChI is InChI=1S/C24H38N2O9/c1-16(22(28)32-8)26(5)21(27)19(25-23(29)35-24(2,3)4)20(31-7)17-9-11-18(12-10-17)34-15-33-14-13-30-6/h9-12,16,19-20H,13-15H2,1-8H3,(H,25,29)/t16-,19-,20-/m0/s1. The second-order valence-electron chi connectivity index (χ2n) is 8.66. The van der Waals surface area contributed by atoms with Crippen LogP contribution in [0.5, 0.6) is 5.75 Å². The number of esters is 1. The molecule has 0 aliphatic carbocycles. The van der Waals surface area contributed by atoms with Crippen LogP contribution in [0.25, 0.3) is 0 Å². The van der Waals surface area contributed by atoms with E-state index in [0.29, 0.717) is 24.5 Å². The molecule has 0 heterocycles. The third kappa shape index (κ3) is 10.1. The Hall–Kier alpha value is -2.89. The van der Waals surface area contributed by atoms with Gasteiger partial charge in [-0.05, 0) is 45.4 Å². The molecule has 0 fully saturated rings. The topological polar surface area (TPSA) is 122 Å². The summed E-state index contributed by atoms with van der Waals surface area (Å²) in [6.45, 7) is 7.56. The van der Waals surface area contributed by atoms with Crippen molar-refractivity contribution in [2.45, 2.75) is 51.5 Å². The van der Waals surface area contributed by atoms with Crippen LogP contribution in [-0.2, 0) is 33.3 Å². The van der Waals surface area contributed by atoms with Crippen molar-refractivity contribution in [1.82, 2.24) is 10.2 Å². The maximum Gasteiger partial charge on any atom is 0.408 e. The van der Waals surface area contributed by atoms with E-state index in [-0.39, 0.29) is 6.79 Å². The molecule has 0 bridgehead atoms. The number of nitrogens with one attached hydrogen (secondary N) is 1. The van der Waals surface area contributed by atoms with Gasteiger partial charge in [-0.1, -0.05) is 12.1 Å². The molecule has 0 aliphatic heterocycles. The largest absolute Gasteiger partial charge is 0.468 e. The lowest BCUT2D eigenvalue weighted by Gasteiger charge is -2.32. The summed E-state index contributed by atoms with van der Waals surface area (Å²) in [6, 6.07) is 4.71. The molecule has 0 unspecified atom stereocenters. The van der Waals surface area contributed by atoms with E-state index in [1.54, 1.807) is 52.1 Å². The number of hydrogen-bond acceptors (Lipinski definition) is 9. The molecule has 198 valence electrons. The Labute approximate surface area is 206 Å². The monoisotopic (exact) mass is 498 g/mol. The molecule has 0 saturated carbocycles. The lowest BCUT2D eigenvalue weighted by Crippen LogP contribution is -2.55. The zero-order chi connectivity index (χ0) is 26.6. The van der Waals surface area contributed by atoms with Crippen LogP contribution >= 0.6 is 0 Å². The fraction of sp³-hybridized carbons (Fsp3) is 0.625. The molecular formula is C24H38N2O9. The number of methoxy groups -OCH3 is 3. The van der Waals surface area contributed by atoms with E-state index in [1.807, 2.05) is 0 Å². The lowest BCUT2D eigenvalue weighted by atomic mass is 10.00. The molecule has 2 amide bonds. The first-order valence-electron chi connectivity index (χ1n) is 11.1. The Kier molecular flexibility index (Phi) is 12.5. The van der Waals surface area contributed by atoms with Gasteiger partial charge in [-0.3, -0.25) is 4.79 Å². The third-order valence-corrected chi connectivity index (χ3v) is 4.92. The van der Waals surface area contributed by atoms with Gasteiger partial charge in [-0.2, -0.15) is 0 Å². The van der Waals surface area contributed by atoms with Gasteiger partial charge in [0.1, 0.15) is 29.5 Å². The van der Waals surface area contributed by atoms with Crippen molar-refractivity contribution in [1.29, 1.82) is 0 Å². The van der Waals surface area contributed by atoms with Gasteiger partial charge in [0.15, 0.2) is 6.79 Å². The SMILES string of the molecule is COCCOCOc1ccc([C@H](OC)[C@H](NC(=O)OC(C)(C)C)C(=O)N(C)[C@@H](C)C(=O)OC)cc1. The summed E-state index contributed by atoms with van der Waals surface area (Å²) in [6.07, 6.45) is -1.69. The van der Waals surface area contributed by atoms with Crippen LogP contribution in [0, 0.1) is 0 Å². The van der Waals surface area contributed by atoms with Gasteiger partial charge in [0.25, 0.3) is 0 Å². The highest BCUT2D eigenvalue weighted by molar-refractivity contribution is 5.90. The predicted molar refractivity (Wildman–Crippen MR) is 127 cm³/mol. The van der Waals surface area contributed by atoms with Crippen molar-refractivity contribution < 1.29 is 42.8 Å². The maximum atomic E-state index is 13.4. The number of nitrogens with zero attached hydrogens (tertiary/aromatic N) is 1. The van der Waals surface area contributed by atoms with Crippen molar-refractivity contribution in [3.63, 3.8) is 0 Å². The molecule has 0 aliphatic rings. The molecule has 1 aromatic rings. The smallest absolute Gasteiger partial charge is 0.408 e. The lowest BCUT2D eigenvalue weighted by molar-refractivity contribution is -0.152. The normalized spacial score (nSPS) is 13.8. The van der Waals surface area contributed by atoms with Gasteiger partial charge in [-0.25, -0.2) is 9.59 Å². The highest BCUT2D eigenvalue weighted by Gasteiger charge is 2.37. The highest BCUT2D eigenvalue weighted by atomic mass is 16.7. The first kappa shape index (κ1) is 30.1. The number of hydrogen-bond donors (Lipinski definition) is 1. The van der Waals surface area contributed by atoms with Crippen LogP contribution in [0.4, 0.5) is 4.79 Å². The molecule has 11 nitrogen and oxygen atoms in total. The van der Waals surface area contributed by atoms with Crippen molar-refractivity contribution in [2.75, 3.05) is 48.4 Å². The highest BCUT2D eigenvalue weighted by Crippen LogP contribution is 2.25. The number of carbonyl (C=O) groups excluding carboxylic acids is 3. The summed E-state index contributed by atoms with van der Waals surface area (Å²) in [5.41, 5.74) is -0.191. The van der Waals surface area contributed by atoms with Crippen molar-refractivity contribution in [3.05, 3.63) is 29.8 Å². The summed E-state index contributed by atoms with van der Waals surface area (Å²) in [4.78, 5) is 39.1. The number of benzene rings is 1. The molecule has 0 radical (unpaired) electrons. The Morgan fingerprint density at radius 1 is 1.03 bits per heavy atom. The van der Waals surface area contributed by atoms with Crippen molar-refractivity contribution in [3.8, 4) is 5.75 Å². The molecule has 1 rings (SSSR count). The predicted octanol–water partition coefficient (Wildman–Crippen LogP) is 2.29. The molecule has 1 aromatic carbocycles. The van der Waals surface area contributed by atoms with E-state index in [1.165, 1.54) is 33.1 Å². The van der Waals surface area contributed by atoms with Gasteiger partial charge in [0, 0.05) is 21.3 Å². The first-order chi connectivity index (χ1) is 16.4. The fourth-order valence-corrected chi connectivity index (χ4v) is 2.97. The number of likely N-dealkylation sites (N-methyl/N-ethyl adjacent to an activating group) is 1. The molecule has 3 atom stereocenters. The minimum Gasteiger partial charge on any atom is -0.468 e. The van der Waals surface area contributed by atoms with Crippen LogP contribution in [0.2, 0.25) is 0 Å². The second kappa shape index (κ2) is 14.5. The number of amides is 2. The Balaban J connectivity index is 3.12. The molecular weight excluding hydrogens is 460 g/mol. The molecule has 0 saturated heterocycles. The zero-order valence-electron chi connectivity index (χ0n) is 21.8. The van der Waals surface area contributed by atoms with Crippen LogP contribution in [0.15, 0.2) is 24.3 Å². The molecule has 0 aromatic heterocycles. The first-order valence-corrected chi connectivity index (χ1v) is 11.1. The Morgan fingerprint density at radius 3 is 2.17 bits per heavy atom. The van der Waals surface area contributed by atoms with Crippen molar-refractivity contribution in [2.24, 2.45) is 0 Å². The Morgan fingerprint density at radius 2 is 1.66 bits per heavy atom. The third-order valence-electron chi connectivity index (χ3n) is 4.92. The molecule has 1 N–H and O–H groups in total. The number of alkyl carbamates (subject to hydrolysis) is 1. The van der Waals surface area contributed by atoms with Crippen molar-refractivity contribution >= 4 is 18.0 Å². The van der Waals surface area contributed by atoms with Gasteiger partial charge >= 0.3 is 12.1 Å². The van der Waals surface area contributed by atoms with Gasteiger partial charge in [-0.15, -0.1) is 0 Å². The molecule has 0 spiro atoms. The molecule has 11 heteroatoms. The summed E-state index contributed by atoms with van der Waals surface area (Å²) in [7, 11) is 5.68. The van der Waals surface area contributed by atoms with E-state index in [9.17, 15) is 14.4 Å². The zero-order valence-corrected chi connectivity index (χ0v) is 21.8. The fourth-order valence-electron chi connectivity index (χ4n) is 2.97. The second-order valence-corrected chi connectivity index (χ2v) is 8.66. The quantitative estimate of drug-likeness (QED) is 0.248. The Bertz CT molecular complexity index is 808.